The van der Waals surface area contributed by atoms with E-state index in [1.165, 1.54) is 12.1 Å². The number of carbonyl (C=O) groups excluding carboxylic acids is 3. The number of nitrogens with one attached hydrogen (secondary N) is 3. The Labute approximate surface area is 192 Å². The molecule has 4 rings (SSSR count). The lowest BCUT2D eigenvalue weighted by atomic mass is 9.87. The summed E-state index contributed by atoms with van der Waals surface area (Å²) in [4.78, 5) is 37.7. The van der Waals surface area contributed by atoms with Crippen LogP contribution in [0.1, 0.15) is 38.5 Å². The van der Waals surface area contributed by atoms with E-state index >= 15 is 0 Å². The molecule has 11 nitrogen and oxygen atoms in total. The van der Waals surface area contributed by atoms with E-state index in [9.17, 15) is 22.8 Å². The Balaban J connectivity index is 1.14. The van der Waals surface area contributed by atoms with Crippen LogP contribution in [0.5, 0.6) is 11.5 Å². The third kappa shape index (κ3) is 5.22. The Morgan fingerprint density at radius 2 is 1.79 bits per heavy atom. The van der Waals surface area contributed by atoms with Gasteiger partial charge in [-0.3, -0.25) is 14.9 Å². The maximum Gasteiger partial charge on any atom is 0.322 e. The first-order valence-corrected chi connectivity index (χ1v) is 12.6. The average Bonchev–Trinajstić information content (AvgIpc) is 3.08. The molecule has 3 heterocycles. The largest absolute Gasteiger partial charge is 0.486 e. The number of fused-ring (bicyclic) bond motifs is 1. The van der Waals surface area contributed by atoms with Crippen LogP contribution < -0.4 is 24.8 Å². The van der Waals surface area contributed by atoms with E-state index in [1.807, 2.05) is 0 Å². The third-order valence-electron chi connectivity index (χ3n) is 6.17. The van der Waals surface area contributed by atoms with Gasteiger partial charge in [0.2, 0.25) is 15.9 Å². The normalized spacial score (nSPS) is 19.3. The smallest absolute Gasteiger partial charge is 0.322 e. The number of imide groups is 1. The van der Waals surface area contributed by atoms with Gasteiger partial charge in [-0.2, -0.15) is 0 Å². The highest BCUT2D eigenvalue weighted by Crippen LogP contribution is 2.32. The van der Waals surface area contributed by atoms with E-state index in [1.54, 1.807) is 11.0 Å². The van der Waals surface area contributed by atoms with E-state index in [-0.39, 0.29) is 23.3 Å². The van der Waals surface area contributed by atoms with Crippen molar-refractivity contribution in [2.24, 2.45) is 0 Å². The van der Waals surface area contributed by atoms with Crippen LogP contribution in [0.2, 0.25) is 0 Å². The zero-order valence-electron chi connectivity index (χ0n) is 18.2. The molecule has 0 bridgehead atoms. The Kier molecular flexibility index (Phi) is 6.75. The van der Waals surface area contributed by atoms with Gasteiger partial charge >= 0.3 is 6.03 Å². The molecule has 3 aliphatic rings. The average molecular weight is 481 g/mol. The summed E-state index contributed by atoms with van der Waals surface area (Å²) in [6.45, 7) is 1.93. The van der Waals surface area contributed by atoms with Crippen molar-refractivity contribution in [1.29, 1.82) is 0 Å². The van der Waals surface area contributed by atoms with Crippen molar-refractivity contribution >= 4 is 27.9 Å². The number of hydrogen-bond donors (Lipinski definition) is 3. The molecule has 180 valence electrons. The SMILES string of the molecule is O=C1NC(=O)C2(CCN(C(=O)CCCCCNS(=O)(=O)c3ccc4c(c3)OCCO4)CC2)N1. The summed E-state index contributed by atoms with van der Waals surface area (Å²) >= 11 is 0. The summed E-state index contributed by atoms with van der Waals surface area (Å²) in [5.74, 6) is 0.636. The van der Waals surface area contributed by atoms with Crippen LogP contribution in [0.25, 0.3) is 0 Å². The fourth-order valence-electron chi connectivity index (χ4n) is 4.23. The number of sulfonamides is 1. The van der Waals surface area contributed by atoms with Gasteiger partial charge in [0.15, 0.2) is 11.5 Å². The number of hydrogen-bond acceptors (Lipinski definition) is 7. The van der Waals surface area contributed by atoms with Crippen LogP contribution in [0.15, 0.2) is 23.1 Å². The first-order valence-electron chi connectivity index (χ1n) is 11.1. The third-order valence-corrected chi connectivity index (χ3v) is 7.63. The van der Waals surface area contributed by atoms with Crippen molar-refractivity contribution in [2.75, 3.05) is 32.8 Å². The van der Waals surface area contributed by atoms with Crippen LogP contribution in [-0.2, 0) is 19.6 Å². The number of nitrogens with zero attached hydrogens (tertiary/aromatic N) is 1. The van der Waals surface area contributed by atoms with Crippen LogP contribution in [0.4, 0.5) is 4.79 Å². The number of ether oxygens (including phenoxy) is 2. The molecule has 2 fully saturated rings. The van der Waals surface area contributed by atoms with Crippen molar-refractivity contribution in [3.63, 3.8) is 0 Å². The second-order valence-corrected chi connectivity index (χ2v) is 10.2. The molecule has 1 spiro atoms. The molecular weight excluding hydrogens is 452 g/mol. The lowest BCUT2D eigenvalue weighted by molar-refractivity contribution is -0.135. The molecule has 1 aromatic rings. The first kappa shape index (κ1) is 23.3. The van der Waals surface area contributed by atoms with Gasteiger partial charge in [0, 0.05) is 32.1 Å². The molecule has 0 atom stereocenters. The zero-order chi connectivity index (χ0) is 23.5. The predicted molar refractivity (Wildman–Crippen MR) is 116 cm³/mol. The van der Waals surface area contributed by atoms with E-state index in [0.717, 1.165) is 0 Å². The van der Waals surface area contributed by atoms with E-state index in [2.05, 4.69) is 15.4 Å². The molecule has 0 unspecified atom stereocenters. The lowest BCUT2D eigenvalue weighted by Crippen LogP contribution is -2.55. The zero-order valence-corrected chi connectivity index (χ0v) is 19.0. The van der Waals surface area contributed by atoms with Crippen molar-refractivity contribution < 1.29 is 32.3 Å². The fraction of sp³-hybridized carbons (Fsp3) is 0.571. The maximum atomic E-state index is 12.5. The standard InChI is InChI=1S/C21H28N4O7S/c26-18(25-10-7-21(8-11-25)19(27)23-20(28)24-21)4-2-1-3-9-22-33(29,30)15-5-6-16-17(14-15)32-13-12-31-16/h5-6,14,22H,1-4,7-13H2,(H2,23,24,27,28). The molecule has 3 N–H and O–H groups in total. The summed E-state index contributed by atoms with van der Waals surface area (Å²) in [6, 6.07) is 4.05. The highest BCUT2D eigenvalue weighted by molar-refractivity contribution is 7.89. The van der Waals surface area contributed by atoms with Gasteiger partial charge in [-0.1, -0.05) is 6.42 Å². The molecular formula is C21H28N4O7S. The molecule has 3 aliphatic heterocycles. The number of unbranched alkanes of at least 4 members (excludes halogenated alkanes) is 2. The van der Waals surface area contributed by atoms with Gasteiger partial charge in [-0.15, -0.1) is 0 Å². The summed E-state index contributed by atoms with van der Waals surface area (Å²) in [7, 11) is -3.66. The van der Waals surface area contributed by atoms with Gasteiger partial charge in [0.1, 0.15) is 18.8 Å². The second kappa shape index (κ2) is 9.56. The Bertz CT molecular complexity index is 1040. The van der Waals surface area contributed by atoms with Crippen LogP contribution in [0.3, 0.4) is 0 Å². The summed E-state index contributed by atoms with van der Waals surface area (Å²) in [6.07, 6.45) is 3.11. The topological polar surface area (TPSA) is 143 Å². The molecule has 33 heavy (non-hydrogen) atoms. The summed E-state index contributed by atoms with van der Waals surface area (Å²) < 4.78 is 38.4. The Morgan fingerprint density at radius 1 is 1.06 bits per heavy atom. The van der Waals surface area contributed by atoms with Crippen molar-refractivity contribution in [3.8, 4) is 11.5 Å². The second-order valence-electron chi connectivity index (χ2n) is 8.39. The number of benzene rings is 1. The van der Waals surface area contributed by atoms with Crippen molar-refractivity contribution in [1.82, 2.24) is 20.3 Å². The molecule has 12 heteroatoms. The highest BCUT2D eigenvalue weighted by atomic mass is 32.2. The number of rotatable bonds is 8. The molecule has 0 aliphatic carbocycles. The lowest BCUT2D eigenvalue weighted by Gasteiger charge is -2.37. The Morgan fingerprint density at radius 3 is 2.48 bits per heavy atom. The van der Waals surface area contributed by atoms with Crippen LogP contribution in [0, 0.1) is 0 Å². The van der Waals surface area contributed by atoms with Gasteiger partial charge in [0.05, 0.1) is 4.90 Å². The van der Waals surface area contributed by atoms with Gasteiger partial charge in [-0.05, 0) is 37.8 Å². The van der Waals surface area contributed by atoms with E-state index < -0.39 is 21.6 Å². The van der Waals surface area contributed by atoms with Gasteiger partial charge < -0.3 is 19.7 Å². The number of likely N-dealkylation sites (tertiary alicyclic amines) is 1. The van der Waals surface area contributed by atoms with Gasteiger partial charge in [0.25, 0.3) is 5.91 Å². The van der Waals surface area contributed by atoms with E-state index in [4.69, 9.17) is 9.47 Å². The van der Waals surface area contributed by atoms with Crippen LogP contribution in [-0.4, -0.2) is 69.6 Å². The molecule has 4 amide bonds. The highest BCUT2D eigenvalue weighted by Gasteiger charge is 2.48. The minimum Gasteiger partial charge on any atom is -0.486 e. The van der Waals surface area contributed by atoms with Gasteiger partial charge in [-0.25, -0.2) is 17.9 Å². The van der Waals surface area contributed by atoms with Crippen molar-refractivity contribution in [2.45, 2.75) is 49.0 Å². The monoisotopic (exact) mass is 480 g/mol. The summed E-state index contributed by atoms with van der Waals surface area (Å²) in [5.41, 5.74) is -0.887. The molecule has 0 radical (unpaired) electrons. The number of amides is 4. The molecule has 0 aromatic heterocycles. The quantitative estimate of drug-likeness (QED) is 0.363. The van der Waals surface area contributed by atoms with Crippen molar-refractivity contribution in [3.05, 3.63) is 18.2 Å². The minimum atomic E-state index is -3.66. The molecule has 2 saturated heterocycles. The minimum absolute atomic E-state index is 0.00596. The van der Waals surface area contributed by atoms with E-state index in [0.29, 0.717) is 76.3 Å². The fourth-order valence-corrected chi connectivity index (χ4v) is 5.32. The first-order chi connectivity index (χ1) is 15.8. The van der Waals surface area contributed by atoms with Crippen LogP contribution >= 0.6 is 0 Å². The summed E-state index contributed by atoms with van der Waals surface area (Å²) in [5, 5.41) is 4.93. The number of urea groups is 1. The predicted octanol–water partition coefficient (Wildman–Crippen LogP) is 0.497. The molecule has 0 saturated carbocycles. The Hall–Kier alpha value is -2.86. The number of carbonyl (C=O) groups is 3. The molecule has 1 aromatic carbocycles. The number of piperidine rings is 1. The maximum absolute atomic E-state index is 12.5.